The number of H-pyrrole nitrogens is 1. The van der Waals surface area contributed by atoms with E-state index in [9.17, 15) is 9.59 Å². The van der Waals surface area contributed by atoms with Crippen LogP contribution in [0.15, 0.2) is 67.0 Å². The van der Waals surface area contributed by atoms with Crippen molar-refractivity contribution in [2.75, 3.05) is 19.6 Å². The lowest BCUT2D eigenvalue weighted by Crippen LogP contribution is -2.43. The summed E-state index contributed by atoms with van der Waals surface area (Å²) in [6.07, 6.45) is 6.30. The van der Waals surface area contributed by atoms with E-state index in [4.69, 9.17) is 0 Å². The number of para-hydroxylation sites is 2. The third-order valence-electron chi connectivity index (χ3n) is 7.47. The number of fused-ring (bicyclic) bond motifs is 1. The molecule has 5 rings (SSSR count). The van der Waals surface area contributed by atoms with E-state index in [2.05, 4.69) is 27.5 Å². The van der Waals surface area contributed by atoms with Crippen LogP contribution in [-0.4, -0.2) is 51.1 Å². The Labute approximate surface area is 211 Å². The van der Waals surface area contributed by atoms with E-state index in [1.807, 2.05) is 73.6 Å². The van der Waals surface area contributed by atoms with Crippen LogP contribution < -0.4 is 5.32 Å². The fourth-order valence-corrected chi connectivity index (χ4v) is 5.19. The molecule has 2 amide bonds. The first-order valence-corrected chi connectivity index (χ1v) is 12.7. The van der Waals surface area contributed by atoms with Crippen LogP contribution in [0.1, 0.15) is 41.4 Å². The molecule has 2 aromatic heterocycles. The summed E-state index contributed by atoms with van der Waals surface area (Å²) in [4.78, 5) is 31.2. The standard InChI is InChI=1S/C29H33N5O2/c1-20(28(35)30-15-12-23-18-31-27-11-7-6-10-25(23)27)22-13-16-33(17-14-22)29(36)26-19-34(32-21(26)2)24-8-4-3-5-9-24/h3-11,18-20,22,31H,12-17H2,1-2H3,(H,30,35). The van der Waals surface area contributed by atoms with E-state index in [-0.39, 0.29) is 23.7 Å². The highest BCUT2D eigenvalue weighted by Gasteiger charge is 2.31. The molecule has 36 heavy (non-hydrogen) atoms. The summed E-state index contributed by atoms with van der Waals surface area (Å²) in [5.74, 6) is 0.312. The van der Waals surface area contributed by atoms with Crippen molar-refractivity contribution in [3.63, 3.8) is 0 Å². The molecule has 1 saturated heterocycles. The molecule has 1 aliphatic heterocycles. The first kappa shape index (κ1) is 23.9. The molecule has 0 bridgehead atoms. The number of hydrogen-bond donors (Lipinski definition) is 2. The van der Waals surface area contributed by atoms with Crippen LogP contribution in [0.4, 0.5) is 0 Å². The quantitative estimate of drug-likeness (QED) is 0.406. The highest BCUT2D eigenvalue weighted by atomic mass is 16.2. The van der Waals surface area contributed by atoms with Crippen molar-refractivity contribution in [1.29, 1.82) is 0 Å². The van der Waals surface area contributed by atoms with Crippen molar-refractivity contribution < 1.29 is 9.59 Å². The molecule has 0 spiro atoms. The molecule has 186 valence electrons. The SMILES string of the molecule is Cc1nn(-c2ccccc2)cc1C(=O)N1CCC(C(C)C(=O)NCCc2c[nH]c3ccccc23)CC1. The van der Waals surface area contributed by atoms with Crippen LogP contribution in [0.5, 0.6) is 0 Å². The summed E-state index contributed by atoms with van der Waals surface area (Å²) >= 11 is 0. The van der Waals surface area contributed by atoms with Gasteiger partial charge in [0.05, 0.1) is 16.9 Å². The number of aromatic amines is 1. The summed E-state index contributed by atoms with van der Waals surface area (Å²) in [5.41, 5.74) is 4.64. The monoisotopic (exact) mass is 483 g/mol. The zero-order valence-electron chi connectivity index (χ0n) is 20.9. The van der Waals surface area contributed by atoms with Gasteiger partial charge < -0.3 is 15.2 Å². The molecular formula is C29H33N5O2. The van der Waals surface area contributed by atoms with Gasteiger partial charge in [0.15, 0.2) is 0 Å². The molecule has 7 nitrogen and oxygen atoms in total. The Morgan fingerprint density at radius 3 is 2.58 bits per heavy atom. The number of amides is 2. The van der Waals surface area contributed by atoms with E-state index in [0.29, 0.717) is 25.2 Å². The molecule has 7 heteroatoms. The minimum absolute atomic E-state index is 0.0176. The van der Waals surface area contributed by atoms with Gasteiger partial charge in [-0.3, -0.25) is 9.59 Å². The topological polar surface area (TPSA) is 83.0 Å². The van der Waals surface area contributed by atoms with Crippen LogP contribution in [0.3, 0.4) is 0 Å². The molecule has 1 fully saturated rings. The first-order chi connectivity index (χ1) is 17.5. The van der Waals surface area contributed by atoms with Gasteiger partial charge >= 0.3 is 0 Å². The number of piperidine rings is 1. The number of carbonyl (C=O) groups is 2. The van der Waals surface area contributed by atoms with Crippen molar-refractivity contribution in [1.82, 2.24) is 25.0 Å². The highest BCUT2D eigenvalue weighted by molar-refractivity contribution is 5.95. The maximum Gasteiger partial charge on any atom is 0.257 e. The van der Waals surface area contributed by atoms with Crippen molar-refractivity contribution >= 4 is 22.7 Å². The molecule has 2 aromatic carbocycles. The Hall–Kier alpha value is -3.87. The number of nitrogens with zero attached hydrogens (tertiary/aromatic N) is 3. The second kappa shape index (κ2) is 10.4. The van der Waals surface area contributed by atoms with E-state index in [0.717, 1.165) is 36.2 Å². The van der Waals surface area contributed by atoms with Crippen LogP contribution in [0.2, 0.25) is 0 Å². The van der Waals surface area contributed by atoms with Crippen molar-refractivity contribution in [3.05, 3.63) is 83.8 Å². The lowest BCUT2D eigenvalue weighted by Gasteiger charge is -2.34. The maximum absolute atomic E-state index is 13.2. The van der Waals surface area contributed by atoms with E-state index < -0.39 is 0 Å². The van der Waals surface area contributed by atoms with Gasteiger partial charge in [0.1, 0.15) is 0 Å². The number of hydrogen-bond acceptors (Lipinski definition) is 3. The Morgan fingerprint density at radius 2 is 1.81 bits per heavy atom. The molecule has 2 N–H and O–H groups in total. The van der Waals surface area contributed by atoms with Gasteiger partial charge in [-0.05, 0) is 55.9 Å². The van der Waals surface area contributed by atoms with Crippen molar-refractivity contribution in [2.24, 2.45) is 11.8 Å². The van der Waals surface area contributed by atoms with Crippen molar-refractivity contribution in [2.45, 2.75) is 33.1 Å². The Bertz CT molecular complexity index is 1350. The Kier molecular flexibility index (Phi) is 6.89. The van der Waals surface area contributed by atoms with Gasteiger partial charge in [0.2, 0.25) is 5.91 Å². The Morgan fingerprint density at radius 1 is 1.08 bits per heavy atom. The number of aromatic nitrogens is 3. The molecule has 4 aromatic rings. The van der Waals surface area contributed by atoms with Gasteiger partial charge in [0.25, 0.3) is 5.91 Å². The minimum Gasteiger partial charge on any atom is -0.361 e. The zero-order chi connectivity index (χ0) is 25.1. The molecule has 1 unspecified atom stereocenters. The molecular weight excluding hydrogens is 450 g/mol. The fraction of sp³-hybridized carbons (Fsp3) is 0.345. The summed E-state index contributed by atoms with van der Waals surface area (Å²) in [7, 11) is 0. The van der Waals surface area contributed by atoms with E-state index >= 15 is 0 Å². The third-order valence-corrected chi connectivity index (χ3v) is 7.47. The predicted octanol–water partition coefficient (Wildman–Crippen LogP) is 4.51. The molecule has 3 heterocycles. The molecule has 0 radical (unpaired) electrons. The molecule has 1 aliphatic rings. The highest BCUT2D eigenvalue weighted by Crippen LogP contribution is 2.27. The Balaban J connectivity index is 1.12. The number of carbonyl (C=O) groups excluding carboxylic acids is 2. The predicted molar refractivity (Wildman–Crippen MR) is 141 cm³/mol. The zero-order valence-corrected chi connectivity index (χ0v) is 20.9. The second-order valence-electron chi connectivity index (χ2n) is 9.73. The van der Waals surface area contributed by atoms with E-state index in [1.54, 1.807) is 4.68 Å². The molecule has 1 atom stereocenters. The normalized spacial score (nSPS) is 15.2. The lowest BCUT2D eigenvalue weighted by molar-refractivity contribution is -0.126. The molecule has 0 saturated carbocycles. The summed E-state index contributed by atoms with van der Waals surface area (Å²) in [6.45, 7) is 5.82. The smallest absolute Gasteiger partial charge is 0.257 e. The average Bonchev–Trinajstić information content (AvgIpc) is 3.52. The van der Waals surface area contributed by atoms with Gasteiger partial charge in [-0.1, -0.05) is 43.3 Å². The number of rotatable bonds is 7. The first-order valence-electron chi connectivity index (χ1n) is 12.7. The largest absolute Gasteiger partial charge is 0.361 e. The van der Waals surface area contributed by atoms with Crippen LogP contribution in [0, 0.1) is 18.8 Å². The third kappa shape index (κ3) is 4.91. The molecule has 0 aliphatic carbocycles. The number of aryl methyl sites for hydroxylation is 1. The summed E-state index contributed by atoms with van der Waals surface area (Å²) in [5, 5.41) is 8.87. The fourth-order valence-electron chi connectivity index (χ4n) is 5.19. The van der Waals surface area contributed by atoms with E-state index in [1.165, 1.54) is 10.9 Å². The lowest BCUT2D eigenvalue weighted by atomic mass is 9.84. The summed E-state index contributed by atoms with van der Waals surface area (Å²) in [6, 6.07) is 18.0. The maximum atomic E-state index is 13.2. The second-order valence-corrected chi connectivity index (χ2v) is 9.73. The summed E-state index contributed by atoms with van der Waals surface area (Å²) < 4.78 is 1.76. The van der Waals surface area contributed by atoms with Gasteiger partial charge in [-0.15, -0.1) is 0 Å². The average molecular weight is 484 g/mol. The van der Waals surface area contributed by atoms with Gasteiger partial charge in [-0.2, -0.15) is 5.10 Å². The minimum atomic E-state index is -0.0761. The van der Waals surface area contributed by atoms with Crippen molar-refractivity contribution in [3.8, 4) is 5.69 Å². The van der Waals surface area contributed by atoms with Gasteiger partial charge in [0, 0.05) is 48.8 Å². The number of benzene rings is 2. The van der Waals surface area contributed by atoms with Crippen LogP contribution >= 0.6 is 0 Å². The number of likely N-dealkylation sites (tertiary alicyclic amines) is 1. The van der Waals surface area contributed by atoms with Crippen LogP contribution in [0.25, 0.3) is 16.6 Å². The van der Waals surface area contributed by atoms with Gasteiger partial charge in [-0.25, -0.2) is 4.68 Å². The number of nitrogens with one attached hydrogen (secondary N) is 2. The van der Waals surface area contributed by atoms with Crippen LogP contribution in [-0.2, 0) is 11.2 Å².